The fraction of sp³-hybridized carbons (Fsp3) is 0.467. The molecule has 1 aromatic rings. The molecule has 0 saturated carbocycles. The van der Waals surface area contributed by atoms with Gasteiger partial charge in [-0.15, -0.1) is 0 Å². The van der Waals surface area contributed by atoms with Gasteiger partial charge in [0, 0.05) is 11.9 Å². The van der Waals surface area contributed by atoms with E-state index >= 15 is 0 Å². The number of benzene rings is 1. The third-order valence-corrected chi connectivity index (χ3v) is 3.41. The molecular weight excluding hydrogens is 254 g/mol. The zero-order valence-corrected chi connectivity index (χ0v) is 13.0. The lowest BCUT2D eigenvalue weighted by Crippen LogP contribution is -2.25. The summed E-state index contributed by atoms with van der Waals surface area (Å²) < 4.78 is 0. The first kappa shape index (κ1) is 15.6. The van der Waals surface area contributed by atoms with Gasteiger partial charge in [-0.3, -0.25) is 5.43 Å². The molecule has 0 aromatic heterocycles. The van der Waals surface area contributed by atoms with Gasteiger partial charge >= 0.3 is 0 Å². The van der Waals surface area contributed by atoms with Gasteiger partial charge in [-0.25, -0.2) is 0 Å². The molecule has 0 atom stereocenters. The van der Waals surface area contributed by atoms with E-state index in [-0.39, 0.29) is 0 Å². The van der Waals surface area contributed by atoms with Gasteiger partial charge in [0.1, 0.15) is 0 Å². The van der Waals surface area contributed by atoms with E-state index in [1.807, 2.05) is 12.3 Å². The number of hydrogen-bond acceptors (Lipinski definition) is 2. The summed E-state index contributed by atoms with van der Waals surface area (Å²) in [7, 11) is 0. The molecule has 0 heterocycles. The second-order valence-electron chi connectivity index (χ2n) is 4.69. The highest BCUT2D eigenvalue weighted by molar-refractivity contribution is 7.80. The molecule has 0 spiro atoms. The number of nitrogens with zero attached hydrogens (tertiary/aromatic N) is 1. The Morgan fingerprint density at radius 1 is 1.26 bits per heavy atom. The number of anilines is 1. The number of aryl methyl sites for hydroxylation is 2. The summed E-state index contributed by atoms with van der Waals surface area (Å²) in [6.45, 7) is 8.44. The molecular formula is C15H23N3S. The maximum atomic E-state index is 5.24. The largest absolute Gasteiger partial charge is 0.331 e. The standard InChI is InChI=1S/C15H23N3S/c1-5-13(6-2)10-16-18-15(19)17-14-11(3)8-7-9-12(14)4/h7-10,13H,5-6H2,1-4H3,(H2,17,18,19)/b16-10-. The predicted octanol–water partition coefficient (Wildman–Crippen LogP) is 4.01. The van der Waals surface area contributed by atoms with Crippen LogP contribution in [0, 0.1) is 19.8 Å². The SMILES string of the molecule is CCC(/C=N\NC(=S)Nc1c(C)cccc1C)CC. The van der Waals surface area contributed by atoms with Crippen molar-refractivity contribution in [3.05, 3.63) is 29.3 Å². The van der Waals surface area contributed by atoms with Crippen molar-refractivity contribution in [2.24, 2.45) is 11.0 Å². The van der Waals surface area contributed by atoms with Gasteiger partial charge in [-0.1, -0.05) is 32.0 Å². The van der Waals surface area contributed by atoms with Crippen molar-refractivity contribution in [1.29, 1.82) is 0 Å². The smallest absolute Gasteiger partial charge is 0.191 e. The van der Waals surface area contributed by atoms with Crippen LogP contribution in [0.4, 0.5) is 5.69 Å². The van der Waals surface area contributed by atoms with Gasteiger partial charge in [-0.05, 0) is 56.0 Å². The number of hydrazone groups is 1. The minimum atomic E-state index is 0.510. The van der Waals surface area contributed by atoms with E-state index in [1.165, 1.54) is 11.1 Å². The van der Waals surface area contributed by atoms with Crippen LogP contribution in [0.3, 0.4) is 0 Å². The fourth-order valence-electron chi connectivity index (χ4n) is 1.85. The Labute approximate surface area is 121 Å². The molecule has 0 fully saturated rings. The highest BCUT2D eigenvalue weighted by Gasteiger charge is 2.03. The highest BCUT2D eigenvalue weighted by atomic mass is 32.1. The van der Waals surface area contributed by atoms with E-state index in [0.29, 0.717) is 11.0 Å². The van der Waals surface area contributed by atoms with E-state index in [1.54, 1.807) is 0 Å². The summed E-state index contributed by atoms with van der Waals surface area (Å²) in [4.78, 5) is 0. The van der Waals surface area contributed by atoms with Crippen LogP contribution in [0.25, 0.3) is 0 Å². The monoisotopic (exact) mass is 277 g/mol. The third-order valence-electron chi connectivity index (χ3n) is 3.22. The molecule has 1 aromatic carbocycles. The molecule has 0 aliphatic rings. The first-order valence-corrected chi connectivity index (χ1v) is 7.15. The van der Waals surface area contributed by atoms with Crippen LogP contribution in [0.5, 0.6) is 0 Å². The normalized spacial score (nSPS) is 11.0. The average Bonchev–Trinajstić information content (AvgIpc) is 2.39. The molecule has 0 unspecified atom stereocenters. The number of rotatable bonds is 5. The van der Waals surface area contributed by atoms with Crippen LogP contribution in [-0.2, 0) is 0 Å². The van der Waals surface area contributed by atoms with Crippen molar-refractivity contribution in [3.8, 4) is 0 Å². The molecule has 4 heteroatoms. The van der Waals surface area contributed by atoms with Crippen LogP contribution in [-0.4, -0.2) is 11.3 Å². The van der Waals surface area contributed by atoms with Crippen molar-refractivity contribution in [1.82, 2.24) is 5.43 Å². The Morgan fingerprint density at radius 3 is 2.37 bits per heavy atom. The molecule has 104 valence electrons. The van der Waals surface area contributed by atoms with Gasteiger partial charge in [0.15, 0.2) is 5.11 Å². The number of hydrogen-bond donors (Lipinski definition) is 2. The van der Waals surface area contributed by atoms with E-state index < -0.39 is 0 Å². The lowest BCUT2D eigenvalue weighted by Gasteiger charge is -2.13. The maximum Gasteiger partial charge on any atom is 0.191 e. The summed E-state index contributed by atoms with van der Waals surface area (Å²) in [5.41, 5.74) is 6.28. The zero-order valence-electron chi connectivity index (χ0n) is 12.2. The summed E-state index contributed by atoms with van der Waals surface area (Å²) in [6.07, 6.45) is 4.12. The maximum absolute atomic E-state index is 5.24. The molecule has 0 aliphatic heterocycles. The molecule has 0 amide bonds. The van der Waals surface area contributed by atoms with E-state index in [4.69, 9.17) is 12.2 Å². The van der Waals surface area contributed by atoms with E-state index in [2.05, 4.69) is 55.7 Å². The lowest BCUT2D eigenvalue weighted by atomic mass is 10.1. The number of thiocarbonyl (C=S) groups is 1. The molecule has 0 bridgehead atoms. The summed E-state index contributed by atoms with van der Waals surface area (Å²) >= 11 is 5.24. The van der Waals surface area contributed by atoms with Crippen LogP contribution < -0.4 is 10.7 Å². The Bertz CT molecular complexity index is 430. The van der Waals surface area contributed by atoms with Crippen molar-refractivity contribution in [3.63, 3.8) is 0 Å². The number of para-hydroxylation sites is 1. The molecule has 2 N–H and O–H groups in total. The first-order chi connectivity index (χ1) is 9.08. The van der Waals surface area contributed by atoms with Crippen LogP contribution in [0.2, 0.25) is 0 Å². The predicted molar refractivity (Wildman–Crippen MR) is 87.8 cm³/mol. The van der Waals surface area contributed by atoms with Gasteiger partial charge in [0.2, 0.25) is 0 Å². The quantitative estimate of drug-likeness (QED) is 0.485. The summed E-state index contributed by atoms with van der Waals surface area (Å²) in [5, 5.41) is 7.91. The molecule has 1 rings (SSSR count). The minimum Gasteiger partial charge on any atom is -0.331 e. The van der Waals surface area contributed by atoms with Crippen molar-refractivity contribution in [2.45, 2.75) is 40.5 Å². The molecule has 0 radical (unpaired) electrons. The second kappa shape index (κ2) is 7.89. The first-order valence-electron chi connectivity index (χ1n) is 6.74. The van der Waals surface area contributed by atoms with Crippen molar-refractivity contribution < 1.29 is 0 Å². The Morgan fingerprint density at radius 2 is 1.84 bits per heavy atom. The van der Waals surface area contributed by atoms with Gasteiger partial charge < -0.3 is 5.32 Å². The molecule has 0 aliphatic carbocycles. The van der Waals surface area contributed by atoms with E-state index in [0.717, 1.165) is 18.5 Å². The summed E-state index contributed by atoms with van der Waals surface area (Å²) in [6, 6.07) is 6.16. The average molecular weight is 277 g/mol. The zero-order chi connectivity index (χ0) is 14.3. The molecule has 3 nitrogen and oxygen atoms in total. The van der Waals surface area contributed by atoms with Gasteiger partial charge in [-0.2, -0.15) is 5.10 Å². The van der Waals surface area contributed by atoms with E-state index in [9.17, 15) is 0 Å². The topological polar surface area (TPSA) is 36.4 Å². The van der Waals surface area contributed by atoms with Gasteiger partial charge in [0.05, 0.1) is 0 Å². The summed E-state index contributed by atoms with van der Waals surface area (Å²) in [5.74, 6) is 0.510. The van der Waals surface area contributed by atoms with Crippen molar-refractivity contribution in [2.75, 3.05) is 5.32 Å². The fourth-order valence-corrected chi connectivity index (χ4v) is 2.01. The van der Waals surface area contributed by atoms with Crippen molar-refractivity contribution >= 4 is 29.2 Å². The lowest BCUT2D eigenvalue weighted by molar-refractivity contribution is 0.651. The molecule has 19 heavy (non-hydrogen) atoms. The Balaban J connectivity index is 2.56. The Kier molecular flexibility index (Phi) is 6.50. The van der Waals surface area contributed by atoms with Crippen LogP contribution in [0.15, 0.2) is 23.3 Å². The highest BCUT2D eigenvalue weighted by Crippen LogP contribution is 2.19. The van der Waals surface area contributed by atoms with Gasteiger partial charge in [0.25, 0.3) is 0 Å². The van der Waals surface area contributed by atoms with Crippen LogP contribution in [0.1, 0.15) is 37.8 Å². The third kappa shape index (κ3) is 4.99. The van der Waals surface area contributed by atoms with Crippen LogP contribution >= 0.6 is 12.2 Å². The minimum absolute atomic E-state index is 0.510. The second-order valence-corrected chi connectivity index (χ2v) is 5.10. The number of nitrogens with one attached hydrogen (secondary N) is 2. The Hall–Kier alpha value is -1.42. The molecule has 0 saturated heterocycles.